The maximum atomic E-state index is 12.8. The Bertz CT molecular complexity index is 1190. The fourth-order valence-electron chi connectivity index (χ4n) is 7.08. The molecule has 6 atom stereocenters. The molecule has 4 N–H and O–H groups in total. The molecule has 0 aromatic heterocycles. The van der Waals surface area contributed by atoms with Crippen LogP contribution in [-0.2, 0) is 38.7 Å². The number of aliphatic hydroxyl groups excluding tert-OH is 3. The van der Waals surface area contributed by atoms with Crippen LogP contribution in [0.4, 0.5) is 0 Å². The molecule has 1 rings (SSSR count). The largest absolute Gasteiger partial charge is 0.462 e. The predicted octanol–water partition coefficient (Wildman–Crippen LogP) is 9.62. The highest BCUT2D eigenvalue weighted by molar-refractivity contribution is 7.85. The molecule has 1 heterocycles. The van der Waals surface area contributed by atoms with Gasteiger partial charge >= 0.3 is 11.9 Å². The van der Waals surface area contributed by atoms with Crippen molar-refractivity contribution in [2.24, 2.45) is 0 Å². The lowest BCUT2D eigenvalue weighted by Gasteiger charge is -2.40. The van der Waals surface area contributed by atoms with Crippen LogP contribution in [0, 0.1) is 0 Å². The zero-order valence-electron chi connectivity index (χ0n) is 36.9. The zero-order valence-corrected chi connectivity index (χ0v) is 37.7. The van der Waals surface area contributed by atoms with Gasteiger partial charge in [-0.25, -0.2) is 0 Å². The Morgan fingerprint density at radius 2 is 0.966 bits per heavy atom. The van der Waals surface area contributed by atoms with Crippen molar-refractivity contribution in [1.82, 2.24) is 0 Å². The summed E-state index contributed by atoms with van der Waals surface area (Å²) in [5.74, 6) is -1.99. The van der Waals surface area contributed by atoms with E-state index in [1.807, 2.05) is 0 Å². The van der Waals surface area contributed by atoms with Crippen LogP contribution in [0.25, 0.3) is 0 Å². The second-order valence-electron chi connectivity index (χ2n) is 16.4. The van der Waals surface area contributed by atoms with Crippen LogP contribution < -0.4 is 0 Å². The molecule has 13 heteroatoms. The van der Waals surface area contributed by atoms with E-state index >= 15 is 0 Å². The molecule has 0 bridgehead atoms. The predicted molar refractivity (Wildman–Crippen MR) is 233 cm³/mol. The monoisotopic (exact) mass is 861 g/mol. The number of hydrogen-bond donors (Lipinski definition) is 4. The van der Waals surface area contributed by atoms with E-state index in [0.29, 0.717) is 12.8 Å². The summed E-state index contributed by atoms with van der Waals surface area (Å²) in [6.45, 7) is 3.74. The number of carbonyl (C=O) groups excluding carboxylic acids is 2. The number of aliphatic hydroxyl groups is 3. The van der Waals surface area contributed by atoms with Crippen molar-refractivity contribution in [1.29, 1.82) is 0 Å². The van der Waals surface area contributed by atoms with E-state index in [2.05, 4.69) is 38.2 Å². The topological polar surface area (TPSA) is 186 Å². The molecule has 0 aromatic rings. The standard InChI is InChI=1S/C46H84O12S/c1-3-5-7-9-11-13-15-17-19-20-21-23-25-27-29-31-33-35-42(48)57-39(37-56-46-45(51)44(50)43(49)40(58-46)38-59(52,53)54)36-55-41(47)34-32-30-28-26-24-22-18-16-14-12-10-8-6-4-2/h16-19,39-40,43-46,49-51H,3-15,20-38H2,1-2H3,(H,52,53,54)/b18-16+,19-17+/t39-,40-,43-,44?,45?,46+/m1/s1. The molecule has 1 aliphatic rings. The molecule has 1 aliphatic heterocycles. The molecule has 346 valence electrons. The van der Waals surface area contributed by atoms with E-state index < -0.39 is 71.2 Å². The first-order chi connectivity index (χ1) is 28.5. The van der Waals surface area contributed by atoms with E-state index in [0.717, 1.165) is 70.6 Å². The summed E-state index contributed by atoms with van der Waals surface area (Å²) < 4.78 is 54.1. The summed E-state index contributed by atoms with van der Waals surface area (Å²) >= 11 is 0. The lowest BCUT2D eigenvalue weighted by molar-refractivity contribution is -0.297. The van der Waals surface area contributed by atoms with Gasteiger partial charge in [-0.1, -0.05) is 147 Å². The Kier molecular flexibility index (Phi) is 34.4. The van der Waals surface area contributed by atoms with Gasteiger partial charge in [0.05, 0.1) is 6.61 Å². The minimum atomic E-state index is -4.60. The maximum absolute atomic E-state index is 12.8. The molecule has 0 spiro atoms. The third-order valence-corrected chi connectivity index (χ3v) is 11.5. The second kappa shape index (κ2) is 36.8. The smallest absolute Gasteiger partial charge is 0.306 e. The van der Waals surface area contributed by atoms with Gasteiger partial charge in [-0.3, -0.25) is 14.1 Å². The van der Waals surface area contributed by atoms with E-state index in [-0.39, 0.29) is 19.4 Å². The van der Waals surface area contributed by atoms with Crippen molar-refractivity contribution in [2.45, 2.75) is 237 Å². The van der Waals surface area contributed by atoms with Gasteiger partial charge in [0.2, 0.25) is 0 Å². The average Bonchev–Trinajstić information content (AvgIpc) is 3.20. The fraction of sp³-hybridized carbons (Fsp3) is 0.870. The quantitative estimate of drug-likeness (QED) is 0.0199. The summed E-state index contributed by atoms with van der Waals surface area (Å²) in [5.41, 5.74) is 0. The van der Waals surface area contributed by atoms with Gasteiger partial charge in [-0.15, -0.1) is 0 Å². The Morgan fingerprint density at radius 3 is 1.41 bits per heavy atom. The van der Waals surface area contributed by atoms with Gasteiger partial charge in [0.15, 0.2) is 12.4 Å². The molecule has 0 aromatic carbocycles. The Labute approximate surface area is 358 Å². The molecule has 0 aliphatic carbocycles. The highest BCUT2D eigenvalue weighted by Crippen LogP contribution is 2.24. The molecule has 0 amide bonds. The number of rotatable bonds is 39. The van der Waals surface area contributed by atoms with Crippen molar-refractivity contribution in [3.8, 4) is 0 Å². The maximum Gasteiger partial charge on any atom is 0.306 e. The number of hydrogen-bond acceptors (Lipinski definition) is 11. The number of unbranched alkanes of at least 4 members (excludes halogenated alkanes) is 23. The van der Waals surface area contributed by atoms with Gasteiger partial charge in [0.25, 0.3) is 10.1 Å². The summed E-state index contributed by atoms with van der Waals surface area (Å²) in [6, 6.07) is 0. The van der Waals surface area contributed by atoms with Crippen LogP contribution in [0.3, 0.4) is 0 Å². The first-order valence-electron chi connectivity index (χ1n) is 23.4. The molecule has 0 saturated carbocycles. The summed E-state index contributed by atoms with van der Waals surface area (Å²) in [4.78, 5) is 25.4. The Hall–Kier alpha value is -1.87. The Morgan fingerprint density at radius 1 is 0.559 bits per heavy atom. The van der Waals surface area contributed by atoms with E-state index in [9.17, 15) is 37.9 Å². The lowest BCUT2D eigenvalue weighted by atomic mass is 10.00. The van der Waals surface area contributed by atoms with E-state index in [1.165, 1.54) is 89.9 Å². The normalized spacial score (nSPS) is 20.4. The molecular formula is C46H84O12S. The number of allylic oxidation sites excluding steroid dienone is 4. The van der Waals surface area contributed by atoms with Crippen LogP contribution in [0.5, 0.6) is 0 Å². The molecule has 12 nitrogen and oxygen atoms in total. The van der Waals surface area contributed by atoms with Crippen LogP contribution in [0.2, 0.25) is 0 Å². The zero-order chi connectivity index (χ0) is 43.4. The minimum absolute atomic E-state index is 0.159. The number of ether oxygens (including phenoxy) is 4. The summed E-state index contributed by atoms with van der Waals surface area (Å²) in [5, 5.41) is 30.9. The second-order valence-corrected chi connectivity index (χ2v) is 17.9. The van der Waals surface area contributed by atoms with Gasteiger partial charge in [-0.2, -0.15) is 8.42 Å². The van der Waals surface area contributed by atoms with Crippen LogP contribution in [0.15, 0.2) is 24.3 Å². The van der Waals surface area contributed by atoms with Crippen molar-refractivity contribution >= 4 is 22.1 Å². The molecule has 1 fully saturated rings. The third kappa shape index (κ3) is 31.6. The molecule has 59 heavy (non-hydrogen) atoms. The Balaban J connectivity index is 2.44. The van der Waals surface area contributed by atoms with Gasteiger partial charge in [0.1, 0.15) is 36.8 Å². The third-order valence-electron chi connectivity index (χ3n) is 10.8. The highest BCUT2D eigenvalue weighted by atomic mass is 32.2. The molecule has 1 saturated heterocycles. The van der Waals surface area contributed by atoms with Crippen LogP contribution in [-0.4, -0.2) is 96.0 Å². The summed E-state index contributed by atoms with van der Waals surface area (Å²) in [7, 11) is -4.60. The minimum Gasteiger partial charge on any atom is -0.462 e. The molecule has 2 unspecified atom stereocenters. The van der Waals surface area contributed by atoms with Crippen LogP contribution in [0.1, 0.15) is 200 Å². The number of esters is 2. The van der Waals surface area contributed by atoms with Crippen molar-refractivity contribution in [2.75, 3.05) is 19.0 Å². The number of carbonyl (C=O) groups is 2. The first kappa shape index (κ1) is 55.1. The SMILES string of the molecule is CCCCCCC/C=C/CCCCCCCC(=O)OC[C@H](CO[C@H]1O[C@H](CS(=O)(=O)O)[C@@H](O)C(O)C1O)OC(=O)CCCCCCCCC/C=C/CCCCCCCC. The first-order valence-corrected chi connectivity index (χ1v) is 25.0. The average molecular weight is 861 g/mol. The summed E-state index contributed by atoms with van der Waals surface area (Å²) in [6.07, 6.45) is 30.7. The lowest BCUT2D eigenvalue weighted by Crippen LogP contribution is -2.60. The van der Waals surface area contributed by atoms with Gasteiger partial charge in [-0.05, 0) is 64.2 Å². The van der Waals surface area contributed by atoms with E-state index in [4.69, 9.17) is 18.9 Å². The van der Waals surface area contributed by atoms with Crippen molar-refractivity contribution < 1.29 is 56.8 Å². The molecule has 0 radical (unpaired) electrons. The fourth-order valence-corrected chi connectivity index (χ4v) is 7.77. The van der Waals surface area contributed by atoms with Crippen molar-refractivity contribution in [3.05, 3.63) is 24.3 Å². The van der Waals surface area contributed by atoms with Gasteiger partial charge in [0, 0.05) is 12.8 Å². The van der Waals surface area contributed by atoms with Gasteiger partial charge < -0.3 is 34.3 Å². The highest BCUT2D eigenvalue weighted by Gasteiger charge is 2.46. The van der Waals surface area contributed by atoms with E-state index in [1.54, 1.807) is 0 Å². The van der Waals surface area contributed by atoms with Crippen LogP contribution >= 0.6 is 0 Å². The molecular weight excluding hydrogens is 777 g/mol. The van der Waals surface area contributed by atoms with Crippen molar-refractivity contribution in [3.63, 3.8) is 0 Å².